The molecule has 2 aromatic carbocycles. The monoisotopic (exact) mass is 363 g/mol. The van der Waals surface area contributed by atoms with Crippen molar-refractivity contribution < 1.29 is 23.1 Å². The van der Waals surface area contributed by atoms with Gasteiger partial charge in [-0.15, -0.1) is 0 Å². The Morgan fingerprint density at radius 3 is 2.40 bits per heavy atom. The molecule has 0 atom stereocenters. The van der Waals surface area contributed by atoms with Gasteiger partial charge in [0.1, 0.15) is 17.9 Å². The molecule has 0 fully saturated rings. The average molecular weight is 363 g/mol. The smallest absolute Gasteiger partial charge is 0.339 e. The number of carbonyl (C=O) groups is 1. The Morgan fingerprint density at radius 2 is 1.84 bits per heavy atom. The van der Waals surface area contributed by atoms with Crippen LogP contribution in [0.4, 0.5) is 0 Å². The highest BCUT2D eigenvalue weighted by molar-refractivity contribution is 7.90. The summed E-state index contributed by atoms with van der Waals surface area (Å²) in [6, 6.07) is 11.1. The number of ether oxygens (including phenoxy) is 1. The first kappa shape index (κ1) is 19.0. The van der Waals surface area contributed by atoms with E-state index in [9.17, 15) is 18.3 Å². The molecule has 7 heteroatoms. The molecule has 0 spiro atoms. The minimum atomic E-state index is -3.54. The van der Waals surface area contributed by atoms with Crippen molar-refractivity contribution >= 4 is 15.8 Å². The summed E-state index contributed by atoms with van der Waals surface area (Å²) in [5.74, 6) is -1.15. The van der Waals surface area contributed by atoms with E-state index in [1.807, 2.05) is 6.92 Å². The molecule has 0 unspecified atom stereocenters. The van der Waals surface area contributed by atoms with Gasteiger partial charge in [0.25, 0.3) is 0 Å². The molecule has 134 valence electrons. The molecular formula is C18H21NO5S. The Morgan fingerprint density at radius 1 is 1.16 bits per heavy atom. The van der Waals surface area contributed by atoms with Crippen LogP contribution in [-0.4, -0.2) is 32.6 Å². The molecule has 3 N–H and O–H groups in total. The maximum absolute atomic E-state index is 12.6. The van der Waals surface area contributed by atoms with Gasteiger partial charge in [-0.25, -0.2) is 13.2 Å². The lowest BCUT2D eigenvalue weighted by Gasteiger charge is -2.17. The minimum absolute atomic E-state index is 0.00570. The fourth-order valence-electron chi connectivity index (χ4n) is 2.60. The SMILES string of the molecule is CCc1c(CS(=O)(=O)c2ccccc2)ccc(C(=O)O)c1OCCN. The molecule has 6 nitrogen and oxygen atoms in total. The van der Waals surface area contributed by atoms with E-state index < -0.39 is 15.8 Å². The Bertz CT molecular complexity index is 847. The van der Waals surface area contributed by atoms with Gasteiger partial charge in [0, 0.05) is 6.54 Å². The molecule has 0 aliphatic rings. The first-order valence-electron chi connectivity index (χ1n) is 7.89. The second kappa shape index (κ2) is 8.13. The average Bonchev–Trinajstić information content (AvgIpc) is 2.60. The third-order valence-electron chi connectivity index (χ3n) is 3.75. The van der Waals surface area contributed by atoms with E-state index >= 15 is 0 Å². The lowest BCUT2D eigenvalue weighted by molar-refractivity contribution is 0.0692. The minimum Gasteiger partial charge on any atom is -0.491 e. The normalized spacial score (nSPS) is 11.3. The van der Waals surface area contributed by atoms with Crippen LogP contribution in [0.15, 0.2) is 47.4 Å². The number of aromatic carboxylic acids is 1. The summed E-state index contributed by atoms with van der Waals surface area (Å²) >= 11 is 0. The highest BCUT2D eigenvalue weighted by Gasteiger charge is 2.22. The Hall–Kier alpha value is -2.38. The van der Waals surface area contributed by atoms with Gasteiger partial charge in [0.15, 0.2) is 9.84 Å². The summed E-state index contributed by atoms with van der Waals surface area (Å²) in [4.78, 5) is 11.7. The molecular weight excluding hydrogens is 342 g/mol. The van der Waals surface area contributed by atoms with E-state index in [1.165, 1.54) is 12.1 Å². The highest BCUT2D eigenvalue weighted by Crippen LogP contribution is 2.30. The second-order valence-corrected chi connectivity index (χ2v) is 7.44. The molecule has 2 rings (SSSR count). The lowest BCUT2D eigenvalue weighted by atomic mass is 10.0. The Kier molecular flexibility index (Phi) is 6.17. The van der Waals surface area contributed by atoms with Gasteiger partial charge in [-0.2, -0.15) is 0 Å². The van der Waals surface area contributed by atoms with E-state index in [4.69, 9.17) is 10.5 Å². The number of rotatable bonds is 8. The zero-order valence-electron chi connectivity index (χ0n) is 13.9. The molecule has 0 aliphatic heterocycles. The van der Waals surface area contributed by atoms with E-state index in [1.54, 1.807) is 30.3 Å². The van der Waals surface area contributed by atoms with Crippen LogP contribution in [0.25, 0.3) is 0 Å². The molecule has 0 amide bonds. The summed E-state index contributed by atoms with van der Waals surface area (Å²) in [6.45, 7) is 2.21. The fourth-order valence-corrected chi connectivity index (χ4v) is 4.02. The van der Waals surface area contributed by atoms with E-state index in [2.05, 4.69) is 0 Å². The van der Waals surface area contributed by atoms with Crippen LogP contribution in [-0.2, 0) is 22.0 Å². The van der Waals surface area contributed by atoms with Crippen molar-refractivity contribution in [2.45, 2.75) is 24.0 Å². The topological polar surface area (TPSA) is 107 Å². The van der Waals surface area contributed by atoms with Crippen LogP contribution in [0.3, 0.4) is 0 Å². The van der Waals surface area contributed by atoms with Gasteiger partial charge in [0.05, 0.1) is 10.6 Å². The van der Waals surface area contributed by atoms with Crippen LogP contribution >= 0.6 is 0 Å². The predicted octanol–water partition coefficient (Wildman–Crippen LogP) is 2.26. The highest BCUT2D eigenvalue weighted by atomic mass is 32.2. The van der Waals surface area contributed by atoms with Crippen LogP contribution in [0, 0.1) is 0 Å². The van der Waals surface area contributed by atoms with Crippen molar-refractivity contribution in [2.24, 2.45) is 5.73 Å². The largest absolute Gasteiger partial charge is 0.491 e. The van der Waals surface area contributed by atoms with Crippen molar-refractivity contribution in [3.63, 3.8) is 0 Å². The summed E-state index contributed by atoms with van der Waals surface area (Å²) in [6.07, 6.45) is 0.445. The number of hydrogen-bond acceptors (Lipinski definition) is 5. The molecule has 0 aromatic heterocycles. The molecule has 0 bridgehead atoms. The lowest BCUT2D eigenvalue weighted by Crippen LogP contribution is -2.15. The van der Waals surface area contributed by atoms with Gasteiger partial charge in [-0.05, 0) is 35.7 Å². The third kappa shape index (κ3) is 4.37. The van der Waals surface area contributed by atoms with Crippen molar-refractivity contribution in [3.8, 4) is 5.75 Å². The standard InChI is InChI=1S/C18H21NO5S/c1-2-15-13(12-25(22,23)14-6-4-3-5-7-14)8-9-16(18(20)21)17(15)24-11-10-19/h3-9H,2,10-12,19H2,1H3,(H,20,21). The van der Waals surface area contributed by atoms with Gasteiger partial charge in [-0.1, -0.05) is 31.2 Å². The summed E-state index contributed by atoms with van der Waals surface area (Å²) in [5, 5.41) is 9.36. The van der Waals surface area contributed by atoms with Gasteiger partial charge in [-0.3, -0.25) is 0 Å². The molecule has 0 radical (unpaired) electrons. The first-order valence-corrected chi connectivity index (χ1v) is 9.54. The van der Waals surface area contributed by atoms with Crippen molar-refractivity contribution in [2.75, 3.05) is 13.2 Å². The first-order chi connectivity index (χ1) is 11.9. The number of sulfone groups is 1. The van der Waals surface area contributed by atoms with Crippen LogP contribution in [0.2, 0.25) is 0 Å². The fraction of sp³-hybridized carbons (Fsp3) is 0.278. The number of carboxylic acid groups (broad SMARTS) is 1. The van der Waals surface area contributed by atoms with Crippen molar-refractivity contribution in [1.82, 2.24) is 0 Å². The Labute approximate surface area is 147 Å². The number of hydrogen-bond donors (Lipinski definition) is 2. The number of benzene rings is 2. The molecule has 2 aromatic rings. The molecule has 0 heterocycles. The van der Waals surface area contributed by atoms with Gasteiger partial charge in [0.2, 0.25) is 0 Å². The number of nitrogens with two attached hydrogens (primary N) is 1. The third-order valence-corrected chi connectivity index (χ3v) is 5.44. The summed E-state index contributed by atoms with van der Waals surface area (Å²) in [5.41, 5.74) is 6.55. The second-order valence-electron chi connectivity index (χ2n) is 5.45. The molecule has 0 saturated heterocycles. The molecule has 0 saturated carbocycles. The summed E-state index contributed by atoms with van der Waals surface area (Å²) in [7, 11) is -3.54. The molecule has 25 heavy (non-hydrogen) atoms. The predicted molar refractivity (Wildman–Crippen MR) is 94.7 cm³/mol. The van der Waals surface area contributed by atoms with Gasteiger partial charge < -0.3 is 15.6 Å². The van der Waals surface area contributed by atoms with E-state index in [0.29, 0.717) is 17.5 Å². The van der Waals surface area contributed by atoms with E-state index in [-0.39, 0.29) is 35.1 Å². The quantitative estimate of drug-likeness (QED) is 0.745. The van der Waals surface area contributed by atoms with Crippen molar-refractivity contribution in [1.29, 1.82) is 0 Å². The maximum atomic E-state index is 12.6. The van der Waals surface area contributed by atoms with Gasteiger partial charge >= 0.3 is 5.97 Å². The summed E-state index contributed by atoms with van der Waals surface area (Å²) < 4.78 is 30.8. The molecule has 0 aliphatic carbocycles. The van der Waals surface area contributed by atoms with Crippen LogP contribution < -0.4 is 10.5 Å². The Balaban J connectivity index is 2.49. The maximum Gasteiger partial charge on any atom is 0.339 e. The number of carboxylic acids is 1. The van der Waals surface area contributed by atoms with E-state index in [0.717, 1.165) is 0 Å². The van der Waals surface area contributed by atoms with Crippen molar-refractivity contribution in [3.05, 3.63) is 59.2 Å². The zero-order valence-corrected chi connectivity index (χ0v) is 14.8. The van der Waals surface area contributed by atoms with Crippen LogP contribution in [0.1, 0.15) is 28.4 Å². The zero-order chi connectivity index (χ0) is 18.4. The van der Waals surface area contributed by atoms with Crippen LogP contribution in [0.5, 0.6) is 5.75 Å².